The van der Waals surface area contributed by atoms with Crippen LogP contribution in [0.2, 0.25) is 15.1 Å². The van der Waals surface area contributed by atoms with E-state index in [-0.39, 0.29) is 17.2 Å². The SMILES string of the molecule is Cc1ccc(CC(=O)c2cccc(Cl)c2Cl)c(Cl)c1. The molecule has 1 nitrogen and oxygen atoms in total. The molecule has 0 fully saturated rings. The molecule has 0 saturated carbocycles. The van der Waals surface area contributed by atoms with Crippen LogP contribution in [0.5, 0.6) is 0 Å². The molecule has 0 aliphatic carbocycles. The van der Waals surface area contributed by atoms with Crippen molar-refractivity contribution in [2.45, 2.75) is 13.3 Å². The number of hydrogen-bond donors (Lipinski definition) is 0. The van der Waals surface area contributed by atoms with Gasteiger partial charge in [0.15, 0.2) is 5.78 Å². The lowest BCUT2D eigenvalue weighted by Crippen LogP contribution is -2.05. The van der Waals surface area contributed by atoms with Gasteiger partial charge in [-0.25, -0.2) is 0 Å². The number of hydrogen-bond acceptors (Lipinski definition) is 1. The second-order valence-corrected chi connectivity index (χ2v) is 5.49. The maximum atomic E-state index is 12.2. The molecule has 0 aromatic heterocycles. The predicted molar refractivity (Wildman–Crippen MR) is 80.7 cm³/mol. The van der Waals surface area contributed by atoms with E-state index in [1.807, 2.05) is 25.1 Å². The van der Waals surface area contributed by atoms with Crippen molar-refractivity contribution >= 4 is 40.6 Å². The normalized spacial score (nSPS) is 10.5. The summed E-state index contributed by atoms with van der Waals surface area (Å²) in [7, 11) is 0. The van der Waals surface area contributed by atoms with E-state index < -0.39 is 0 Å². The first kappa shape index (κ1) is 14.4. The largest absolute Gasteiger partial charge is 0.294 e. The summed E-state index contributed by atoms with van der Waals surface area (Å²) in [6, 6.07) is 10.6. The fraction of sp³-hybridized carbons (Fsp3) is 0.133. The Balaban J connectivity index is 2.28. The van der Waals surface area contributed by atoms with Crippen molar-refractivity contribution < 1.29 is 4.79 Å². The number of rotatable bonds is 3. The summed E-state index contributed by atoms with van der Waals surface area (Å²) in [4.78, 5) is 12.2. The Morgan fingerprint density at radius 2 is 1.79 bits per heavy atom. The minimum Gasteiger partial charge on any atom is -0.294 e. The summed E-state index contributed by atoms with van der Waals surface area (Å²) in [5.74, 6) is -0.0988. The molecule has 0 amide bonds. The first-order valence-corrected chi connectivity index (χ1v) is 6.84. The van der Waals surface area contributed by atoms with Crippen LogP contribution < -0.4 is 0 Å². The Kier molecular flexibility index (Phi) is 4.51. The summed E-state index contributed by atoms with van der Waals surface area (Å²) in [6.07, 6.45) is 0.208. The van der Waals surface area contributed by atoms with Gasteiger partial charge in [0.2, 0.25) is 0 Å². The molecule has 0 aliphatic heterocycles. The second-order valence-electron chi connectivity index (χ2n) is 4.30. The molecule has 2 aromatic carbocycles. The molecule has 0 heterocycles. The van der Waals surface area contributed by atoms with Crippen molar-refractivity contribution in [3.63, 3.8) is 0 Å². The van der Waals surface area contributed by atoms with Gasteiger partial charge in [0, 0.05) is 17.0 Å². The number of ketones is 1. The summed E-state index contributed by atoms with van der Waals surface area (Å²) in [5, 5.41) is 1.26. The third-order valence-electron chi connectivity index (χ3n) is 2.81. The van der Waals surface area contributed by atoms with Crippen molar-refractivity contribution in [3.8, 4) is 0 Å². The summed E-state index contributed by atoms with van der Waals surface area (Å²) < 4.78 is 0. The molecule has 98 valence electrons. The van der Waals surface area contributed by atoms with Gasteiger partial charge in [-0.3, -0.25) is 4.79 Å². The number of aryl methyl sites for hydroxylation is 1. The predicted octanol–water partition coefficient (Wildman–Crippen LogP) is 5.38. The van der Waals surface area contributed by atoms with Crippen LogP contribution in [0.15, 0.2) is 36.4 Å². The molecule has 0 atom stereocenters. The lowest BCUT2D eigenvalue weighted by molar-refractivity contribution is 0.0993. The van der Waals surface area contributed by atoms with Crippen LogP contribution in [0.3, 0.4) is 0 Å². The van der Waals surface area contributed by atoms with E-state index in [9.17, 15) is 4.79 Å². The van der Waals surface area contributed by atoms with Crippen molar-refractivity contribution in [3.05, 3.63) is 68.2 Å². The van der Waals surface area contributed by atoms with E-state index in [0.29, 0.717) is 15.6 Å². The Morgan fingerprint density at radius 3 is 2.47 bits per heavy atom. The monoisotopic (exact) mass is 312 g/mol. The molecule has 0 aliphatic rings. The van der Waals surface area contributed by atoms with Crippen LogP contribution in [0.4, 0.5) is 0 Å². The standard InChI is InChI=1S/C15H11Cl3O/c1-9-5-6-10(13(17)7-9)8-14(19)11-3-2-4-12(16)15(11)18/h2-7H,8H2,1H3. The van der Waals surface area contributed by atoms with Crippen LogP contribution >= 0.6 is 34.8 Å². The van der Waals surface area contributed by atoms with Crippen molar-refractivity contribution in [2.75, 3.05) is 0 Å². The zero-order valence-corrected chi connectivity index (χ0v) is 12.5. The molecule has 0 unspecified atom stereocenters. The second kappa shape index (κ2) is 5.96. The Morgan fingerprint density at radius 1 is 1.05 bits per heavy atom. The van der Waals surface area contributed by atoms with E-state index in [4.69, 9.17) is 34.8 Å². The first-order valence-electron chi connectivity index (χ1n) is 5.71. The summed E-state index contributed by atoms with van der Waals surface area (Å²) in [6.45, 7) is 1.95. The van der Waals surface area contributed by atoms with Gasteiger partial charge in [0.1, 0.15) is 0 Å². The molecule has 0 bridgehead atoms. The lowest BCUT2D eigenvalue weighted by atomic mass is 10.0. The third kappa shape index (κ3) is 3.30. The van der Waals surface area contributed by atoms with Crippen LogP contribution in [0.25, 0.3) is 0 Å². The molecule has 0 saturated heterocycles. The summed E-state index contributed by atoms with van der Waals surface area (Å²) >= 11 is 18.1. The van der Waals surface area contributed by atoms with E-state index in [1.54, 1.807) is 18.2 Å². The van der Waals surface area contributed by atoms with Gasteiger partial charge >= 0.3 is 0 Å². The Labute approximate surface area is 127 Å². The van der Waals surface area contributed by atoms with Gasteiger partial charge in [-0.2, -0.15) is 0 Å². The third-order valence-corrected chi connectivity index (χ3v) is 3.98. The Hall–Kier alpha value is -1.02. The van der Waals surface area contributed by atoms with E-state index >= 15 is 0 Å². The van der Waals surface area contributed by atoms with Gasteiger partial charge in [0.25, 0.3) is 0 Å². The van der Waals surface area contributed by atoms with Crippen LogP contribution in [-0.2, 0) is 6.42 Å². The molecule has 2 aromatic rings. The quantitative estimate of drug-likeness (QED) is 0.695. The van der Waals surface area contributed by atoms with Gasteiger partial charge in [-0.05, 0) is 36.2 Å². The van der Waals surface area contributed by atoms with Crippen molar-refractivity contribution in [2.24, 2.45) is 0 Å². The Bertz CT molecular complexity index is 635. The van der Waals surface area contributed by atoms with Gasteiger partial charge in [-0.1, -0.05) is 53.0 Å². The van der Waals surface area contributed by atoms with Gasteiger partial charge in [-0.15, -0.1) is 0 Å². The zero-order valence-electron chi connectivity index (χ0n) is 10.2. The highest BCUT2D eigenvalue weighted by Gasteiger charge is 2.14. The first-order chi connectivity index (χ1) is 8.99. The molecule has 2 rings (SSSR count). The van der Waals surface area contributed by atoms with Gasteiger partial charge < -0.3 is 0 Å². The average molecular weight is 314 g/mol. The highest BCUT2D eigenvalue weighted by atomic mass is 35.5. The number of carbonyl (C=O) groups excluding carboxylic acids is 1. The molecule has 0 N–H and O–H groups in total. The topological polar surface area (TPSA) is 17.1 Å². The van der Waals surface area contributed by atoms with E-state index in [2.05, 4.69) is 0 Å². The molecule has 4 heteroatoms. The number of carbonyl (C=O) groups is 1. The fourth-order valence-corrected chi connectivity index (χ4v) is 2.49. The number of benzene rings is 2. The maximum Gasteiger partial charge on any atom is 0.168 e. The average Bonchev–Trinajstić information content (AvgIpc) is 2.36. The van der Waals surface area contributed by atoms with Crippen LogP contribution in [0.1, 0.15) is 21.5 Å². The van der Waals surface area contributed by atoms with Crippen molar-refractivity contribution in [1.29, 1.82) is 0 Å². The molecular weight excluding hydrogens is 303 g/mol. The smallest absolute Gasteiger partial charge is 0.168 e. The molecule has 0 radical (unpaired) electrons. The van der Waals surface area contributed by atoms with Gasteiger partial charge in [0.05, 0.1) is 10.0 Å². The van der Waals surface area contributed by atoms with E-state index in [0.717, 1.165) is 11.1 Å². The highest BCUT2D eigenvalue weighted by molar-refractivity contribution is 6.44. The highest BCUT2D eigenvalue weighted by Crippen LogP contribution is 2.27. The van der Waals surface area contributed by atoms with E-state index in [1.165, 1.54) is 0 Å². The minimum atomic E-state index is -0.0988. The fourth-order valence-electron chi connectivity index (χ4n) is 1.78. The van der Waals surface area contributed by atoms with Crippen LogP contribution in [0, 0.1) is 6.92 Å². The summed E-state index contributed by atoms with van der Waals surface area (Å²) in [5.41, 5.74) is 2.26. The molecular formula is C15H11Cl3O. The van der Waals surface area contributed by atoms with Crippen molar-refractivity contribution in [1.82, 2.24) is 0 Å². The number of halogens is 3. The maximum absolute atomic E-state index is 12.2. The molecule has 19 heavy (non-hydrogen) atoms. The minimum absolute atomic E-state index is 0.0988. The van der Waals surface area contributed by atoms with Crippen LogP contribution in [-0.4, -0.2) is 5.78 Å². The molecule has 0 spiro atoms. The lowest BCUT2D eigenvalue weighted by Gasteiger charge is -2.07. The zero-order chi connectivity index (χ0) is 14.0. The number of Topliss-reactive ketones (excluding diaryl/α,β-unsaturated/α-hetero) is 1.